The van der Waals surface area contributed by atoms with Gasteiger partial charge in [-0.1, -0.05) is 12.1 Å². The molecule has 1 aliphatic rings. The van der Waals surface area contributed by atoms with Crippen molar-refractivity contribution in [1.82, 2.24) is 24.4 Å². The van der Waals surface area contributed by atoms with E-state index in [0.29, 0.717) is 23.7 Å². The van der Waals surface area contributed by atoms with Crippen molar-refractivity contribution in [1.29, 1.82) is 0 Å². The monoisotopic (exact) mass is 449 g/mol. The van der Waals surface area contributed by atoms with E-state index in [1.165, 1.54) is 52.5 Å². The lowest BCUT2D eigenvalue weighted by Gasteiger charge is -2.36. The van der Waals surface area contributed by atoms with Gasteiger partial charge in [-0.3, -0.25) is 4.79 Å². The van der Waals surface area contributed by atoms with Gasteiger partial charge in [0.2, 0.25) is 5.60 Å². The van der Waals surface area contributed by atoms with E-state index in [4.69, 9.17) is 0 Å². The number of alkyl halides is 3. The van der Waals surface area contributed by atoms with Crippen molar-refractivity contribution >= 4 is 5.91 Å². The number of rotatable bonds is 3. The van der Waals surface area contributed by atoms with Gasteiger partial charge in [0.15, 0.2) is 5.82 Å². The average Bonchev–Trinajstić information content (AvgIpc) is 3.18. The Morgan fingerprint density at radius 1 is 1.16 bits per heavy atom. The molecule has 3 aromatic rings. The predicted molar refractivity (Wildman–Crippen MR) is 105 cm³/mol. The van der Waals surface area contributed by atoms with Crippen LogP contribution in [0.4, 0.5) is 17.6 Å². The molecule has 0 saturated carbocycles. The largest absolute Gasteiger partial charge is 0.424 e. The predicted octanol–water partition coefficient (Wildman–Crippen LogP) is 3.47. The van der Waals surface area contributed by atoms with Gasteiger partial charge in [0, 0.05) is 18.3 Å². The van der Waals surface area contributed by atoms with Crippen LogP contribution in [-0.4, -0.2) is 48.2 Å². The number of benzene rings is 1. The van der Waals surface area contributed by atoms with Crippen LogP contribution >= 0.6 is 0 Å². The van der Waals surface area contributed by atoms with E-state index in [1.54, 1.807) is 6.92 Å². The van der Waals surface area contributed by atoms with Crippen LogP contribution in [0.15, 0.2) is 43.0 Å². The zero-order valence-electron chi connectivity index (χ0n) is 17.1. The zero-order valence-corrected chi connectivity index (χ0v) is 17.1. The number of carbonyl (C=O) groups is 1. The second-order valence-corrected chi connectivity index (χ2v) is 7.84. The second kappa shape index (κ2) is 7.66. The summed E-state index contributed by atoms with van der Waals surface area (Å²) < 4.78 is 54.6. The van der Waals surface area contributed by atoms with Crippen LogP contribution in [0.25, 0.3) is 11.1 Å². The highest BCUT2D eigenvalue weighted by atomic mass is 19.4. The Morgan fingerprint density at radius 2 is 1.84 bits per heavy atom. The number of aromatic nitrogens is 4. The molecule has 0 radical (unpaired) electrons. The summed E-state index contributed by atoms with van der Waals surface area (Å²) in [6.07, 6.45) is -1.01. The number of hydrogen-bond donors (Lipinski definition) is 1. The topological polar surface area (TPSA) is 84.1 Å². The first-order chi connectivity index (χ1) is 15.0. The van der Waals surface area contributed by atoms with E-state index in [2.05, 4.69) is 15.0 Å². The van der Waals surface area contributed by atoms with Gasteiger partial charge < -0.3 is 14.6 Å². The summed E-state index contributed by atoms with van der Waals surface area (Å²) in [7, 11) is 0. The van der Waals surface area contributed by atoms with Crippen LogP contribution < -0.4 is 0 Å². The van der Waals surface area contributed by atoms with Crippen LogP contribution in [0, 0.1) is 5.82 Å². The Bertz CT molecular complexity index is 1160. The highest BCUT2D eigenvalue weighted by Gasteiger charge is 2.55. The summed E-state index contributed by atoms with van der Waals surface area (Å²) in [5.41, 5.74) is -1.73. The molecular formula is C21H19F4N5O2. The third kappa shape index (κ3) is 3.62. The van der Waals surface area contributed by atoms with Crippen LogP contribution in [0.1, 0.15) is 41.9 Å². The molecule has 0 bridgehead atoms. The fourth-order valence-corrected chi connectivity index (χ4v) is 3.80. The average molecular weight is 449 g/mol. The lowest BCUT2D eigenvalue weighted by molar-refractivity contribution is -0.263. The molecule has 7 nitrogen and oxygen atoms in total. The van der Waals surface area contributed by atoms with Crippen molar-refractivity contribution in [2.24, 2.45) is 0 Å². The van der Waals surface area contributed by atoms with Gasteiger partial charge in [0.1, 0.15) is 17.8 Å². The SMILES string of the molecule is C[C@H]1CN(C(=O)c2ncncc2-c2ccc(F)cc2)Cc2cnc([C@@](C)(O)C(F)(F)F)n21. The molecule has 1 amide bonds. The van der Waals surface area contributed by atoms with Crippen LogP contribution in [0.3, 0.4) is 0 Å². The molecule has 0 saturated heterocycles. The molecule has 2 atom stereocenters. The standard InChI is InChI=1S/C21H19F4N5O2/c1-12-9-29(10-15-7-27-19(30(12)15)20(2,32)21(23,24)25)18(31)17-16(8-26-11-28-17)13-3-5-14(22)6-4-13/h3-8,11-12,32H,9-10H2,1-2H3/t12-,20+/m0/s1. The van der Waals surface area contributed by atoms with E-state index >= 15 is 0 Å². The molecule has 32 heavy (non-hydrogen) atoms. The smallest absolute Gasteiger partial charge is 0.374 e. The van der Waals surface area contributed by atoms with Crippen molar-refractivity contribution < 1.29 is 27.5 Å². The molecule has 0 fully saturated rings. The first-order valence-electron chi connectivity index (χ1n) is 9.71. The molecule has 1 aromatic carbocycles. The minimum absolute atomic E-state index is 0.0169. The van der Waals surface area contributed by atoms with Gasteiger partial charge in [-0.05, 0) is 31.5 Å². The van der Waals surface area contributed by atoms with Crippen LogP contribution in [-0.2, 0) is 12.1 Å². The molecule has 4 rings (SSSR count). The first-order valence-corrected chi connectivity index (χ1v) is 9.71. The third-order valence-corrected chi connectivity index (χ3v) is 5.50. The van der Waals surface area contributed by atoms with Crippen LogP contribution in [0.5, 0.6) is 0 Å². The third-order valence-electron chi connectivity index (χ3n) is 5.50. The molecule has 1 aliphatic heterocycles. The van der Waals surface area contributed by atoms with Gasteiger partial charge in [0.25, 0.3) is 5.91 Å². The lowest BCUT2D eigenvalue weighted by Crippen LogP contribution is -2.45. The van der Waals surface area contributed by atoms with E-state index in [0.717, 1.165) is 0 Å². The summed E-state index contributed by atoms with van der Waals surface area (Å²) in [5, 5.41) is 10.1. The summed E-state index contributed by atoms with van der Waals surface area (Å²) >= 11 is 0. The number of nitrogens with zero attached hydrogens (tertiary/aromatic N) is 5. The van der Waals surface area contributed by atoms with Gasteiger partial charge in [-0.25, -0.2) is 19.3 Å². The zero-order chi connectivity index (χ0) is 23.3. The van der Waals surface area contributed by atoms with E-state index < -0.39 is 35.4 Å². The maximum absolute atomic E-state index is 13.3. The van der Waals surface area contributed by atoms with E-state index in [9.17, 15) is 27.5 Å². The summed E-state index contributed by atoms with van der Waals surface area (Å²) in [5.74, 6) is -1.40. The fourth-order valence-electron chi connectivity index (χ4n) is 3.80. The minimum atomic E-state index is -4.91. The van der Waals surface area contributed by atoms with Crippen LogP contribution in [0.2, 0.25) is 0 Å². The Kier molecular flexibility index (Phi) is 5.24. The molecule has 0 spiro atoms. The molecule has 2 aromatic heterocycles. The summed E-state index contributed by atoms with van der Waals surface area (Å²) in [6.45, 7) is 2.36. The van der Waals surface area contributed by atoms with Gasteiger partial charge in [-0.2, -0.15) is 13.2 Å². The highest BCUT2D eigenvalue weighted by molar-refractivity contribution is 5.98. The van der Waals surface area contributed by atoms with Gasteiger partial charge >= 0.3 is 6.18 Å². The number of carbonyl (C=O) groups excluding carboxylic acids is 1. The fraction of sp³-hybridized carbons (Fsp3) is 0.333. The van der Waals surface area contributed by atoms with Crippen molar-refractivity contribution in [2.45, 2.75) is 38.2 Å². The molecule has 0 aliphatic carbocycles. The van der Waals surface area contributed by atoms with Crippen molar-refractivity contribution in [3.8, 4) is 11.1 Å². The molecule has 168 valence electrons. The Balaban J connectivity index is 1.67. The number of amides is 1. The minimum Gasteiger partial charge on any atom is -0.374 e. The van der Waals surface area contributed by atoms with Crippen molar-refractivity contribution in [3.63, 3.8) is 0 Å². The molecule has 1 N–H and O–H groups in total. The maximum Gasteiger partial charge on any atom is 0.424 e. The quantitative estimate of drug-likeness (QED) is 0.619. The highest BCUT2D eigenvalue weighted by Crippen LogP contribution is 2.40. The first kappa shape index (κ1) is 21.9. The number of halogens is 4. The number of fused-ring (bicyclic) bond motifs is 1. The van der Waals surface area contributed by atoms with Crippen molar-refractivity contribution in [2.75, 3.05) is 6.54 Å². The number of imidazole rings is 1. The normalized spacial score (nSPS) is 18.2. The summed E-state index contributed by atoms with van der Waals surface area (Å²) in [6, 6.07) is 4.94. The Hall–Kier alpha value is -3.34. The molecule has 3 heterocycles. The maximum atomic E-state index is 13.3. The number of aliphatic hydroxyl groups is 1. The molecule has 11 heteroatoms. The Morgan fingerprint density at radius 3 is 2.50 bits per heavy atom. The second-order valence-electron chi connectivity index (χ2n) is 7.84. The van der Waals surface area contributed by atoms with E-state index in [1.807, 2.05) is 0 Å². The molecule has 0 unspecified atom stereocenters. The van der Waals surface area contributed by atoms with E-state index in [-0.39, 0.29) is 18.8 Å². The van der Waals surface area contributed by atoms with Crippen molar-refractivity contribution in [3.05, 3.63) is 66.0 Å². The Labute approximate surface area is 180 Å². The number of hydrogen-bond acceptors (Lipinski definition) is 5. The van der Waals surface area contributed by atoms with Gasteiger partial charge in [0.05, 0.1) is 24.5 Å². The van der Waals surface area contributed by atoms with Gasteiger partial charge in [-0.15, -0.1) is 0 Å². The molecular weight excluding hydrogens is 430 g/mol. The summed E-state index contributed by atoms with van der Waals surface area (Å²) in [4.78, 5) is 26.6. The lowest BCUT2D eigenvalue weighted by atomic mass is 10.0.